The highest BCUT2D eigenvalue weighted by molar-refractivity contribution is 6.11. The molecule has 28 heavy (non-hydrogen) atoms. The standard InChI is InChI=1S/C23H22N2O3/c1-3-17-21-18-12-16(28-14-15-8-6-5-7-9-15)10-11-19(18)25-20(21)13-24-22(17)23(26)27-4-2/h5-13,25H,3-4,14H2,1-2H3. The van der Waals surface area contributed by atoms with Crippen molar-refractivity contribution in [1.29, 1.82) is 0 Å². The molecule has 4 aromatic rings. The van der Waals surface area contributed by atoms with E-state index in [1.165, 1.54) is 0 Å². The first-order chi connectivity index (χ1) is 13.7. The molecule has 0 spiro atoms. The third-order valence-electron chi connectivity index (χ3n) is 4.78. The zero-order valence-corrected chi connectivity index (χ0v) is 16.0. The summed E-state index contributed by atoms with van der Waals surface area (Å²) in [6, 6.07) is 16.0. The third kappa shape index (κ3) is 3.31. The van der Waals surface area contributed by atoms with E-state index in [4.69, 9.17) is 9.47 Å². The van der Waals surface area contributed by atoms with Gasteiger partial charge in [0.05, 0.1) is 18.3 Å². The summed E-state index contributed by atoms with van der Waals surface area (Å²) >= 11 is 0. The van der Waals surface area contributed by atoms with E-state index in [9.17, 15) is 4.79 Å². The van der Waals surface area contributed by atoms with Gasteiger partial charge in [0.1, 0.15) is 12.4 Å². The molecule has 2 aromatic heterocycles. The Kier molecular flexibility index (Phi) is 4.98. The van der Waals surface area contributed by atoms with Crippen molar-refractivity contribution in [2.24, 2.45) is 0 Å². The van der Waals surface area contributed by atoms with Crippen LogP contribution in [-0.4, -0.2) is 22.5 Å². The predicted molar refractivity (Wildman–Crippen MR) is 110 cm³/mol. The molecule has 0 saturated carbocycles. The van der Waals surface area contributed by atoms with Crippen molar-refractivity contribution < 1.29 is 14.3 Å². The molecule has 5 nitrogen and oxygen atoms in total. The molecule has 0 aliphatic rings. The molecular formula is C23H22N2O3. The number of hydrogen-bond donors (Lipinski definition) is 1. The van der Waals surface area contributed by atoms with E-state index >= 15 is 0 Å². The smallest absolute Gasteiger partial charge is 0.357 e. The Hall–Kier alpha value is -3.34. The van der Waals surface area contributed by atoms with Crippen LogP contribution in [0.3, 0.4) is 0 Å². The van der Waals surface area contributed by atoms with Crippen molar-refractivity contribution in [3.8, 4) is 5.75 Å². The predicted octanol–water partition coefficient (Wildman–Crippen LogP) is 5.03. The van der Waals surface area contributed by atoms with E-state index in [1.54, 1.807) is 13.1 Å². The van der Waals surface area contributed by atoms with Crippen LogP contribution in [0.5, 0.6) is 5.75 Å². The molecule has 1 N–H and O–H groups in total. The Morgan fingerprint density at radius 2 is 1.89 bits per heavy atom. The Labute approximate surface area is 163 Å². The van der Waals surface area contributed by atoms with Crippen molar-refractivity contribution in [1.82, 2.24) is 9.97 Å². The number of aromatic nitrogens is 2. The number of ether oxygens (including phenoxy) is 2. The van der Waals surface area contributed by atoms with E-state index in [2.05, 4.69) is 9.97 Å². The van der Waals surface area contributed by atoms with E-state index < -0.39 is 0 Å². The molecule has 0 fully saturated rings. The topological polar surface area (TPSA) is 64.2 Å². The lowest BCUT2D eigenvalue weighted by Gasteiger charge is -2.09. The number of rotatable bonds is 6. The quantitative estimate of drug-likeness (QED) is 0.481. The summed E-state index contributed by atoms with van der Waals surface area (Å²) in [6.45, 7) is 4.65. The Morgan fingerprint density at radius 3 is 2.64 bits per heavy atom. The monoisotopic (exact) mass is 374 g/mol. The first-order valence-electron chi connectivity index (χ1n) is 9.48. The van der Waals surface area contributed by atoms with Crippen molar-refractivity contribution >= 4 is 27.8 Å². The average Bonchev–Trinajstić information content (AvgIpc) is 3.10. The van der Waals surface area contributed by atoms with Gasteiger partial charge in [-0.15, -0.1) is 0 Å². The number of aromatic amines is 1. The van der Waals surface area contributed by atoms with Crippen LogP contribution in [0.25, 0.3) is 21.8 Å². The molecule has 0 unspecified atom stereocenters. The summed E-state index contributed by atoms with van der Waals surface area (Å²) in [5, 5.41) is 2.02. The van der Waals surface area contributed by atoms with Gasteiger partial charge in [-0.3, -0.25) is 0 Å². The summed E-state index contributed by atoms with van der Waals surface area (Å²) in [4.78, 5) is 20.1. The molecule has 2 heterocycles. The molecule has 0 radical (unpaired) electrons. The lowest BCUT2D eigenvalue weighted by Crippen LogP contribution is -2.10. The molecule has 5 heteroatoms. The summed E-state index contributed by atoms with van der Waals surface area (Å²) in [6.07, 6.45) is 2.38. The molecule has 142 valence electrons. The maximum atomic E-state index is 12.3. The molecule has 0 saturated heterocycles. The highest BCUT2D eigenvalue weighted by Crippen LogP contribution is 2.32. The maximum Gasteiger partial charge on any atom is 0.357 e. The fourth-order valence-electron chi connectivity index (χ4n) is 3.49. The highest BCUT2D eigenvalue weighted by Gasteiger charge is 2.19. The van der Waals surface area contributed by atoms with Crippen LogP contribution in [0.2, 0.25) is 0 Å². The van der Waals surface area contributed by atoms with Crippen LogP contribution in [-0.2, 0) is 17.8 Å². The number of nitrogens with zero attached hydrogens (tertiary/aromatic N) is 1. The van der Waals surface area contributed by atoms with Gasteiger partial charge in [-0.1, -0.05) is 37.3 Å². The highest BCUT2D eigenvalue weighted by atomic mass is 16.5. The fraction of sp³-hybridized carbons (Fsp3) is 0.217. The number of esters is 1. The molecule has 4 rings (SSSR count). The lowest BCUT2D eigenvalue weighted by molar-refractivity contribution is 0.0518. The van der Waals surface area contributed by atoms with Crippen LogP contribution in [0, 0.1) is 0 Å². The largest absolute Gasteiger partial charge is 0.489 e. The number of carbonyl (C=O) groups excluding carboxylic acids is 1. The number of fused-ring (bicyclic) bond motifs is 3. The first kappa shape index (κ1) is 18.0. The Bertz CT molecular complexity index is 1130. The van der Waals surface area contributed by atoms with E-state index in [0.717, 1.165) is 38.7 Å². The second kappa shape index (κ2) is 7.72. The number of aryl methyl sites for hydroxylation is 1. The summed E-state index contributed by atoms with van der Waals surface area (Å²) in [7, 11) is 0. The van der Waals surface area contributed by atoms with Crippen LogP contribution in [0.15, 0.2) is 54.7 Å². The number of benzene rings is 2. The van der Waals surface area contributed by atoms with Gasteiger partial charge in [-0.05, 0) is 42.7 Å². The molecule has 0 aliphatic carbocycles. The minimum atomic E-state index is -0.382. The number of carbonyl (C=O) groups is 1. The lowest BCUT2D eigenvalue weighted by atomic mass is 10.0. The van der Waals surface area contributed by atoms with Crippen LogP contribution >= 0.6 is 0 Å². The van der Waals surface area contributed by atoms with Crippen LogP contribution in [0.1, 0.15) is 35.5 Å². The summed E-state index contributed by atoms with van der Waals surface area (Å²) in [5.41, 5.74) is 4.28. The molecule has 0 amide bonds. The second-order valence-electron chi connectivity index (χ2n) is 6.55. The fourth-order valence-corrected chi connectivity index (χ4v) is 3.49. The van der Waals surface area contributed by atoms with Gasteiger partial charge in [0.25, 0.3) is 0 Å². The van der Waals surface area contributed by atoms with Crippen molar-refractivity contribution in [2.45, 2.75) is 26.9 Å². The minimum absolute atomic E-state index is 0.326. The number of hydrogen-bond acceptors (Lipinski definition) is 4. The van der Waals surface area contributed by atoms with Gasteiger partial charge in [0, 0.05) is 16.3 Å². The Balaban J connectivity index is 1.77. The number of H-pyrrole nitrogens is 1. The van der Waals surface area contributed by atoms with Gasteiger partial charge in [-0.2, -0.15) is 0 Å². The van der Waals surface area contributed by atoms with Gasteiger partial charge in [-0.25, -0.2) is 9.78 Å². The molecule has 0 bridgehead atoms. The molecule has 2 aromatic carbocycles. The van der Waals surface area contributed by atoms with Gasteiger partial charge in [0.2, 0.25) is 0 Å². The zero-order valence-electron chi connectivity index (χ0n) is 16.0. The number of nitrogens with one attached hydrogen (secondary N) is 1. The Morgan fingerprint density at radius 1 is 1.07 bits per heavy atom. The van der Waals surface area contributed by atoms with Gasteiger partial charge < -0.3 is 14.5 Å². The third-order valence-corrected chi connectivity index (χ3v) is 4.78. The van der Waals surface area contributed by atoms with Crippen LogP contribution in [0.4, 0.5) is 0 Å². The minimum Gasteiger partial charge on any atom is -0.489 e. The molecular weight excluding hydrogens is 352 g/mol. The van der Waals surface area contributed by atoms with Gasteiger partial charge >= 0.3 is 5.97 Å². The van der Waals surface area contributed by atoms with Crippen molar-refractivity contribution in [3.05, 3.63) is 71.5 Å². The van der Waals surface area contributed by atoms with E-state index in [1.807, 2.05) is 55.5 Å². The van der Waals surface area contributed by atoms with Crippen molar-refractivity contribution in [3.63, 3.8) is 0 Å². The van der Waals surface area contributed by atoms with Crippen molar-refractivity contribution in [2.75, 3.05) is 6.61 Å². The zero-order chi connectivity index (χ0) is 19.5. The van der Waals surface area contributed by atoms with E-state index in [0.29, 0.717) is 25.3 Å². The maximum absolute atomic E-state index is 12.3. The molecule has 0 atom stereocenters. The molecule has 0 aliphatic heterocycles. The number of pyridine rings is 1. The van der Waals surface area contributed by atoms with Gasteiger partial charge in [0.15, 0.2) is 5.69 Å². The van der Waals surface area contributed by atoms with Crippen LogP contribution < -0.4 is 4.74 Å². The summed E-state index contributed by atoms with van der Waals surface area (Å²) in [5.74, 6) is 0.404. The van der Waals surface area contributed by atoms with E-state index in [-0.39, 0.29) is 5.97 Å². The first-order valence-corrected chi connectivity index (χ1v) is 9.48. The normalized spacial score (nSPS) is 11.1. The summed E-state index contributed by atoms with van der Waals surface area (Å²) < 4.78 is 11.2. The SMILES string of the molecule is CCOC(=O)c1ncc2[nH]c3ccc(OCc4ccccc4)cc3c2c1CC. The second-order valence-corrected chi connectivity index (χ2v) is 6.55. The average molecular weight is 374 g/mol.